The third kappa shape index (κ3) is 6.94. The molecule has 1 atom stereocenters. The second-order valence-corrected chi connectivity index (χ2v) is 8.58. The van der Waals surface area contributed by atoms with Crippen LogP contribution in [0.5, 0.6) is 0 Å². The maximum Gasteiger partial charge on any atom is 0.191 e. The smallest absolute Gasteiger partial charge is 0.191 e. The van der Waals surface area contributed by atoms with Gasteiger partial charge in [-0.05, 0) is 19.8 Å². The first-order chi connectivity index (χ1) is 11.9. The van der Waals surface area contributed by atoms with Crippen molar-refractivity contribution in [3.8, 4) is 0 Å². The Hall–Kier alpha value is -0.450. The van der Waals surface area contributed by atoms with Crippen molar-refractivity contribution in [2.24, 2.45) is 10.4 Å². The Morgan fingerprint density at radius 2 is 2.19 bits per heavy atom. The highest BCUT2D eigenvalue weighted by atomic mass is 127. The van der Waals surface area contributed by atoms with Crippen molar-refractivity contribution in [1.82, 2.24) is 15.6 Å². The van der Waals surface area contributed by atoms with Gasteiger partial charge in [-0.2, -0.15) is 0 Å². The minimum absolute atomic E-state index is 0. The Morgan fingerprint density at radius 1 is 1.42 bits per heavy atom. The summed E-state index contributed by atoms with van der Waals surface area (Å²) in [4.78, 5) is 9.36. The van der Waals surface area contributed by atoms with E-state index >= 15 is 0 Å². The third-order valence-electron chi connectivity index (χ3n) is 4.39. The zero-order chi connectivity index (χ0) is 18.3. The number of hydrogen-bond acceptors (Lipinski definition) is 5. The Labute approximate surface area is 178 Å². The summed E-state index contributed by atoms with van der Waals surface area (Å²) >= 11 is 1.70. The Bertz CT molecular complexity index is 566. The van der Waals surface area contributed by atoms with Crippen molar-refractivity contribution >= 4 is 41.3 Å². The lowest BCUT2D eigenvalue weighted by Crippen LogP contribution is -2.44. The second-order valence-electron chi connectivity index (χ2n) is 7.72. The molecule has 3 N–H and O–H groups in total. The molecule has 150 valence electrons. The van der Waals surface area contributed by atoms with Crippen LogP contribution in [0, 0.1) is 5.41 Å². The molecule has 1 aliphatic rings. The first kappa shape index (κ1) is 23.6. The molecule has 0 aromatic carbocycles. The fourth-order valence-electron chi connectivity index (χ4n) is 2.81. The monoisotopic (exact) mass is 496 g/mol. The highest BCUT2D eigenvalue weighted by Crippen LogP contribution is 2.31. The number of thiazole rings is 1. The van der Waals surface area contributed by atoms with Crippen LogP contribution in [0.15, 0.2) is 10.4 Å². The maximum absolute atomic E-state index is 9.34. The van der Waals surface area contributed by atoms with E-state index in [4.69, 9.17) is 9.72 Å². The van der Waals surface area contributed by atoms with Gasteiger partial charge in [0.2, 0.25) is 0 Å². The van der Waals surface area contributed by atoms with Crippen LogP contribution in [0.4, 0.5) is 0 Å². The van der Waals surface area contributed by atoms with Gasteiger partial charge in [-0.25, -0.2) is 9.98 Å². The second kappa shape index (κ2) is 10.8. The lowest BCUT2D eigenvalue weighted by atomic mass is 9.84. The molecule has 0 spiro atoms. The third-order valence-corrected chi connectivity index (χ3v) is 5.71. The van der Waals surface area contributed by atoms with Crippen molar-refractivity contribution < 1.29 is 9.84 Å². The van der Waals surface area contributed by atoms with Crippen molar-refractivity contribution in [2.45, 2.75) is 52.5 Å². The van der Waals surface area contributed by atoms with Gasteiger partial charge in [0.05, 0.1) is 23.9 Å². The van der Waals surface area contributed by atoms with Gasteiger partial charge < -0.3 is 20.5 Å². The molecule has 0 radical (unpaired) electrons. The molecule has 1 unspecified atom stereocenters. The summed E-state index contributed by atoms with van der Waals surface area (Å²) in [5.74, 6) is 0.789. The summed E-state index contributed by atoms with van der Waals surface area (Å²) in [6, 6.07) is 0. The molecule has 1 saturated heterocycles. The summed E-state index contributed by atoms with van der Waals surface area (Å²) in [5, 5.41) is 19.3. The zero-order valence-electron chi connectivity index (χ0n) is 16.3. The predicted molar refractivity (Wildman–Crippen MR) is 119 cm³/mol. The van der Waals surface area contributed by atoms with Crippen LogP contribution in [0.25, 0.3) is 0 Å². The largest absolute Gasteiger partial charge is 0.396 e. The van der Waals surface area contributed by atoms with E-state index in [0.717, 1.165) is 49.2 Å². The SMILES string of the molecule is CCNC(=NCc1csc(C(C)(C)C)n1)NCC1(CCO)CCOC1.I. The quantitative estimate of drug-likeness (QED) is 0.308. The van der Waals surface area contributed by atoms with E-state index in [1.165, 1.54) is 0 Å². The van der Waals surface area contributed by atoms with E-state index in [1.807, 2.05) is 0 Å². The molecule has 0 saturated carbocycles. The van der Waals surface area contributed by atoms with Crippen molar-refractivity contribution in [3.05, 3.63) is 16.1 Å². The van der Waals surface area contributed by atoms with Crippen LogP contribution in [0.2, 0.25) is 0 Å². The summed E-state index contributed by atoms with van der Waals surface area (Å²) < 4.78 is 5.55. The molecule has 2 rings (SSSR count). The molecule has 26 heavy (non-hydrogen) atoms. The van der Waals surface area contributed by atoms with Crippen molar-refractivity contribution in [2.75, 3.05) is 32.9 Å². The number of aliphatic hydroxyl groups excluding tert-OH is 1. The van der Waals surface area contributed by atoms with Crippen LogP contribution >= 0.6 is 35.3 Å². The van der Waals surface area contributed by atoms with Crippen LogP contribution in [-0.4, -0.2) is 49.0 Å². The standard InChI is InChI=1S/C18H32N4O2S.HI/c1-5-19-16(21-12-18(6-8-23)7-9-24-13-18)20-10-14-11-25-15(22-14)17(2,3)4;/h11,23H,5-10,12-13H2,1-4H3,(H2,19,20,21);1H. The van der Waals surface area contributed by atoms with Crippen LogP contribution in [0.3, 0.4) is 0 Å². The molecule has 0 amide bonds. The highest BCUT2D eigenvalue weighted by molar-refractivity contribution is 14.0. The Morgan fingerprint density at radius 3 is 2.73 bits per heavy atom. The number of ether oxygens (including phenoxy) is 1. The fourth-order valence-corrected chi connectivity index (χ4v) is 3.71. The number of aromatic nitrogens is 1. The van der Waals surface area contributed by atoms with Gasteiger partial charge in [-0.15, -0.1) is 35.3 Å². The first-order valence-corrected chi connectivity index (χ1v) is 9.92. The van der Waals surface area contributed by atoms with Crippen molar-refractivity contribution in [3.63, 3.8) is 0 Å². The Balaban J connectivity index is 0.00000338. The number of rotatable bonds is 7. The first-order valence-electron chi connectivity index (χ1n) is 9.04. The summed E-state index contributed by atoms with van der Waals surface area (Å²) in [5.41, 5.74) is 1.08. The molecule has 1 aliphatic heterocycles. The molecule has 8 heteroatoms. The van der Waals surface area contributed by atoms with Crippen LogP contribution in [0.1, 0.15) is 51.2 Å². The van der Waals surface area contributed by atoms with E-state index in [9.17, 15) is 5.11 Å². The molecular weight excluding hydrogens is 463 g/mol. The molecule has 1 aromatic rings. The minimum atomic E-state index is 0. The van der Waals surface area contributed by atoms with Gasteiger partial charge in [0.15, 0.2) is 5.96 Å². The van der Waals surface area contributed by atoms with Gasteiger partial charge in [0.25, 0.3) is 0 Å². The van der Waals surface area contributed by atoms with Gasteiger partial charge in [-0.1, -0.05) is 20.8 Å². The molecule has 0 aliphatic carbocycles. The molecular formula is C18H33IN4O2S. The molecule has 6 nitrogen and oxygen atoms in total. The fraction of sp³-hybridized carbons (Fsp3) is 0.778. The Kier molecular flexibility index (Phi) is 9.77. The van der Waals surface area contributed by atoms with E-state index in [0.29, 0.717) is 13.2 Å². The lowest BCUT2D eigenvalue weighted by molar-refractivity contribution is 0.127. The van der Waals surface area contributed by atoms with Crippen LogP contribution < -0.4 is 10.6 Å². The number of halogens is 1. The lowest BCUT2D eigenvalue weighted by Gasteiger charge is -2.27. The number of aliphatic imine (C=N–C) groups is 1. The van der Waals surface area contributed by atoms with Gasteiger partial charge in [0, 0.05) is 42.5 Å². The molecule has 0 bridgehead atoms. The number of nitrogens with one attached hydrogen (secondary N) is 2. The zero-order valence-corrected chi connectivity index (χ0v) is 19.4. The molecule has 1 fully saturated rings. The summed E-state index contributed by atoms with van der Waals surface area (Å²) in [6.07, 6.45) is 1.72. The minimum Gasteiger partial charge on any atom is -0.396 e. The molecule has 1 aromatic heterocycles. The number of guanidine groups is 1. The van der Waals surface area contributed by atoms with Gasteiger partial charge in [0.1, 0.15) is 0 Å². The highest BCUT2D eigenvalue weighted by Gasteiger charge is 2.34. The molecule has 2 heterocycles. The van der Waals surface area contributed by atoms with Gasteiger partial charge in [-0.3, -0.25) is 0 Å². The van der Waals surface area contributed by atoms with E-state index < -0.39 is 0 Å². The maximum atomic E-state index is 9.34. The number of hydrogen-bond donors (Lipinski definition) is 3. The number of aliphatic hydroxyl groups is 1. The summed E-state index contributed by atoms with van der Waals surface area (Å²) in [7, 11) is 0. The summed E-state index contributed by atoms with van der Waals surface area (Å²) in [6.45, 7) is 12.4. The normalized spacial score (nSPS) is 20.7. The van der Waals surface area contributed by atoms with E-state index in [1.54, 1.807) is 11.3 Å². The topological polar surface area (TPSA) is 78.8 Å². The van der Waals surface area contributed by atoms with Crippen molar-refractivity contribution in [1.29, 1.82) is 0 Å². The van der Waals surface area contributed by atoms with E-state index in [2.05, 4.69) is 48.7 Å². The average molecular weight is 496 g/mol. The van der Waals surface area contributed by atoms with Crippen LogP contribution in [-0.2, 0) is 16.7 Å². The number of nitrogens with zero attached hydrogens (tertiary/aromatic N) is 2. The van der Waals surface area contributed by atoms with E-state index in [-0.39, 0.29) is 41.4 Å². The average Bonchev–Trinajstić information content (AvgIpc) is 3.20. The predicted octanol–water partition coefficient (Wildman–Crippen LogP) is 2.90. The van der Waals surface area contributed by atoms with Gasteiger partial charge >= 0.3 is 0 Å².